The summed E-state index contributed by atoms with van der Waals surface area (Å²) in [7, 11) is 0. The smallest absolute Gasteiger partial charge is 0.338 e. The molecule has 3 atom stereocenters. The van der Waals surface area contributed by atoms with Crippen molar-refractivity contribution in [3.05, 3.63) is 47.0 Å². The molecule has 6 nitrogen and oxygen atoms in total. The van der Waals surface area contributed by atoms with Crippen molar-refractivity contribution in [3.8, 4) is 6.07 Å². The second-order valence-corrected chi connectivity index (χ2v) is 8.10. The van der Waals surface area contributed by atoms with Gasteiger partial charge in [-0.05, 0) is 52.2 Å². The van der Waals surface area contributed by atoms with E-state index in [0.717, 1.165) is 5.56 Å². The van der Waals surface area contributed by atoms with Crippen molar-refractivity contribution >= 4 is 11.9 Å². The van der Waals surface area contributed by atoms with Crippen LogP contribution in [0.4, 0.5) is 0 Å². The van der Waals surface area contributed by atoms with E-state index in [1.54, 1.807) is 32.9 Å². The van der Waals surface area contributed by atoms with Crippen molar-refractivity contribution in [2.24, 2.45) is 5.92 Å². The molecule has 0 bridgehead atoms. The zero-order valence-corrected chi connectivity index (χ0v) is 17.0. The molecule has 0 spiro atoms. The molecule has 0 saturated carbocycles. The molecule has 1 aliphatic heterocycles. The molecule has 28 heavy (non-hydrogen) atoms. The highest BCUT2D eigenvalue weighted by Crippen LogP contribution is 2.31. The maximum Gasteiger partial charge on any atom is 0.338 e. The Morgan fingerprint density at radius 1 is 1.29 bits per heavy atom. The fourth-order valence-electron chi connectivity index (χ4n) is 3.00. The largest absolute Gasteiger partial charge is 0.459 e. The number of rotatable bonds is 5. The molecular weight excluding hydrogens is 358 g/mol. The van der Waals surface area contributed by atoms with Crippen LogP contribution in [0.2, 0.25) is 0 Å². The Hall–Kier alpha value is -2.65. The van der Waals surface area contributed by atoms with E-state index in [0.29, 0.717) is 12.0 Å². The molecule has 0 radical (unpaired) electrons. The maximum atomic E-state index is 12.1. The Kier molecular flexibility index (Phi) is 6.98. The summed E-state index contributed by atoms with van der Waals surface area (Å²) in [5.74, 6) is -0.977. The molecular formula is C22H27NO5. The van der Waals surface area contributed by atoms with Gasteiger partial charge in [0, 0.05) is 6.08 Å². The Morgan fingerprint density at radius 3 is 2.50 bits per heavy atom. The summed E-state index contributed by atoms with van der Waals surface area (Å²) in [4.78, 5) is 24.1. The molecule has 6 heteroatoms. The maximum absolute atomic E-state index is 12.1. The molecule has 0 aromatic heterocycles. The SMILES string of the molecule is Cc1ccc(C(=O)OC[C@@H]2CC(C)[C@H](/C(C#N)=C/C(=O)OC(C)(C)C)O2)cc1. The van der Waals surface area contributed by atoms with Gasteiger partial charge in [0.15, 0.2) is 0 Å². The zero-order valence-electron chi connectivity index (χ0n) is 17.0. The molecule has 1 fully saturated rings. The van der Waals surface area contributed by atoms with Gasteiger partial charge < -0.3 is 14.2 Å². The Bertz CT molecular complexity index is 783. The fourth-order valence-corrected chi connectivity index (χ4v) is 3.00. The van der Waals surface area contributed by atoms with Gasteiger partial charge in [-0.15, -0.1) is 0 Å². The molecule has 1 saturated heterocycles. The van der Waals surface area contributed by atoms with E-state index in [4.69, 9.17) is 14.2 Å². The van der Waals surface area contributed by atoms with Gasteiger partial charge in [0.1, 0.15) is 12.2 Å². The van der Waals surface area contributed by atoms with E-state index in [1.165, 1.54) is 6.08 Å². The van der Waals surface area contributed by atoms with Crippen molar-refractivity contribution in [1.82, 2.24) is 0 Å². The lowest BCUT2D eigenvalue weighted by Crippen LogP contribution is -2.24. The Labute approximate surface area is 166 Å². The fraction of sp³-hybridized carbons (Fsp3) is 0.500. The van der Waals surface area contributed by atoms with Gasteiger partial charge in [-0.2, -0.15) is 5.26 Å². The van der Waals surface area contributed by atoms with Crippen LogP contribution < -0.4 is 0 Å². The predicted molar refractivity (Wildman–Crippen MR) is 103 cm³/mol. The first kappa shape index (κ1) is 21.6. The van der Waals surface area contributed by atoms with Crippen molar-refractivity contribution in [1.29, 1.82) is 5.26 Å². The van der Waals surface area contributed by atoms with E-state index in [-0.39, 0.29) is 24.2 Å². The average Bonchev–Trinajstić information content (AvgIpc) is 2.97. The topological polar surface area (TPSA) is 85.6 Å². The number of carbonyl (C=O) groups excluding carboxylic acids is 2. The van der Waals surface area contributed by atoms with Crippen LogP contribution in [0.25, 0.3) is 0 Å². The van der Waals surface area contributed by atoms with Crippen LogP contribution in [-0.2, 0) is 19.0 Å². The predicted octanol–water partition coefficient (Wildman–Crippen LogP) is 3.74. The summed E-state index contributed by atoms with van der Waals surface area (Å²) in [6.45, 7) is 9.26. The first-order valence-electron chi connectivity index (χ1n) is 9.33. The van der Waals surface area contributed by atoms with E-state index in [1.807, 2.05) is 32.0 Å². The summed E-state index contributed by atoms with van der Waals surface area (Å²) < 4.78 is 16.5. The zero-order chi connectivity index (χ0) is 20.9. The van der Waals surface area contributed by atoms with E-state index in [2.05, 4.69) is 0 Å². The van der Waals surface area contributed by atoms with Gasteiger partial charge in [-0.1, -0.05) is 24.6 Å². The van der Waals surface area contributed by atoms with Crippen LogP contribution >= 0.6 is 0 Å². The van der Waals surface area contributed by atoms with Gasteiger partial charge >= 0.3 is 11.9 Å². The molecule has 1 aromatic carbocycles. The van der Waals surface area contributed by atoms with Crippen molar-refractivity contribution in [2.45, 2.75) is 58.8 Å². The van der Waals surface area contributed by atoms with E-state index < -0.39 is 23.6 Å². The minimum absolute atomic E-state index is 0.0106. The quantitative estimate of drug-likeness (QED) is 0.436. The molecule has 0 amide bonds. The molecule has 0 N–H and O–H groups in total. The summed E-state index contributed by atoms with van der Waals surface area (Å²) in [6, 6.07) is 9.17. The van der Waals surface area contributed by atoms with E-state index >= 15 is 0 Å². The number of esters is 2. The van der Waals surface area contributed by atoms with Crippen LogP contribution in [0.15, 0.2) is 35.9 Å². The third-order valence-electron chi connectivity index (χ3n) is 4.29. The Morgan fingerprint density at radius 2 is 1.93 bits per heavy atom. The number of nitrogens with zero attached hydrogens (tertiary/aromatic N) is 1. The highest BCUT2D eigenvalue weighted by molar-refractivity contribution is 5.89. The molecule has 1 aromatic rings. The average molecular weight is 385 g/mol. The van der Waals surface area contributed by atoms with Crippen molar-refractivity contribution < 1.29 is 23.8 Å². The number of ether oxygens (including phenoxy) is 3. The second-order valence-electron chi connectivity index (χ2n) is 8.10. The van der Waals surface area contributed by atoms with Gasteiger partial charge in [0.2, 0.25) is 0 Å². The van der Waals surface area contributed by atoms with Crippen LogP contribution in [0, 0.1) is 24.2 Å². The number of hydrogen-bond donors (Lipinski definition) is 0. The lowest BCUT2D eigenvalue weighted by atomic mass is 9.96. The minimum Gasteiger partial charge on any atom is -0.459 e. The lowest BCUT2D eigenvalue weighted by Gasteiger charge is -2.19. The monoisotopic (exact) mass is 385 g/mol. The summed E-state index contributed by atoms with van der Waals surface area (Å²) >= 11 is 0. The highest BCUT2D eigenvalue weighted by atomic mass is 16.6. The van der Waals surface area contributed by atoms with Crippen LogP contribution in [0.1, 0.15) is 50.0 Å². The normalized spacial score (nSPS) is 22.4. The van der Waals surface area contributed by atoms with Gasteiger partial charge in [-0.3, -0.25) is 0 Å². The van der Waals surface area contributed by atoms with Crippen LogP contribution in [0.5, 0.6) is 0 Å². The number of carbonyl (C=O) groups is 2. The van der Waals surface area contributed by atoms with Crippen molar-refractivity contribution in [2.75, 3.05) is 6.61 Å². The number of nitriles is 1. The van der Waals surface area contributed by atoms with Crippen LogP contribution in [0.3, 0.4) is 0 Å². The summed E-state index contributed by atoms with van der Waals surface area (Å²) in [5.41, 5.74) is 1.13. The first-order chi connectivity index (χ1) is 13.1. The molecule has 1 heterocycles. The highest BCUT2D eigenvalue weighted by Gasteiger charge is 2.36. The number of aryl methyl sites for hydroxylation is 1. The molecule has 1 aliphatic rings. The number of hydrogen-bond acceptors (Lipinski definition) is 6. The lowest BCUT2D eigenvalue weighted by molar-refractivity contribution is -0.148. The van der Waals surface area contributed by atoms with E-state index in [9.17, 15) is 14.9 Å². The first-order valence-corrected chi connectivity index (χ1v) is 9.33. The molecule has 150 valence electrons. The summed E-state index contributed by atoms with van der Waals surface area (Å²) in [5, 5.41) is 9.44. The Balaban J connectivity index is 1.95. The van der Waals surface area contributed by atoms with Crippen LogP contribution in [-0.4, -0.2) is 36.4 Å². The number of benzene rings is 1. The van der Waals surface area contributed by atoms with Gasteiger partial charge in [0.05, 0.1) is 29.4 Å². The second kappa shape index (κ2) is 9.03. The standard InChI is InChI=1S/C22H27NO5/c1-14-6-8-16(9-7-14)21(25)26-13-18-10-15(2)20(27-18)17(12-23)11-19(24)28-22(3,4)5/h6-9,11,15,18,20H,10,13H2,1-5H3/b17-11+/t15?,18-,20+/m0/s1. The third-order valence-corrected chi connectivity index (χ3v) is 4.29. The third kappa shape index (κ3) is 6.21. The molecule has 1 unspecified atom stereocenters. The molecule has 0 aliphatic carbocycles. The van der Waals surface area contributed by atoms with Crippen molar-refractivity contribution in [3.63, 3.8) is 0 Å². The van der Waals surface area contributed by atoms with Gasteiger partial charge in [0.25, 0.3) is 0 Å². The summed E-state index contributed by atoms with van der Waals surface area (Å²) in [6.07, 6.45) is 0.956. The molecule has 2 rings (SSSR count). The minimum atomic E-state index is -0.636. The van der Waals surface area contributed by atoms with Gasteiger partial charge in [-0.25, -0.2) is 9.59 Å².